The highest BCUT2D eigenvalue weighted by molar-refractivity contribution is 5.85. The average Bonchev–Trinajstić information content (AvgIpc) is 2.80. The molecule has 1 aliphatic rings. The van der Waals surface area contributed by atoms with E-state index < -0.39 is 0 Å². The van der Waals surface area contributed by atoms with Gasteiger partial charge in [0.15, 0.2) is 0 Å². The number of carbonyl (C=O) groups excluding carboxylic acids is 1. The molecule has 3 rings (SSSR count). The molecule has 1 aromatic heterocycles. The maximum atomic E-state index is 13.2. The maximum absolute atomic E-state index is 13.2. The molecule has 0 spiro atoms. The van der Waals surface area contributed by atoms with Gasteiger partial charge in [-0.25, -0.2) is 4.79 Å². The minimum absolute atomic E-state index is 0.0445. The van der Waals surface area contributed by atoms with Crippen molar-refractivity contribution in [1.82, 2.24) is 20.1 Å². The van der Waals surface area contributed by atoms with Crippen molar-refractivity contribution in [3.8, 4) is 0 Å². The van der Waals surface area contributed by atoms with Gasteiger partial charge in [-0.2, -0.15) is 0 Å². The van der Waals surface area contributed by atoms with Crippen LogP contribution in [0.2, 0.25) is 0 Å². The van der Waals surface area contributed by atoms with Crippen LogP contribution in [0.25, 0.3) is 10.9 Å². The van der Waals surface area contributed by atoms with Crippen molar-refractivity contribution < 1.29 is 4.79 Å². The molecular formula is C26H40N4O2. The lowest BCUT2D eigenvalue weighted by atomic mass is 9.96. The fourth-order valence-electron chi connectivity index (χ4n) is 4.73. The number of aromatic amines is 1. The lowest BCUT2D eigenvalue weighted by Crippen LogP contribution is -2.46. The van der Waals surface area contributed by atoms with E-state index in [0.717, 1.165) is 60.9 Å². The first-order chi connectivity index (χ1) is 15.4. The molecule has 0 unspecified atom stereocenters. The first-order valence-electron chi connectivity index (χ1n) is 12.3. The Hall–Kier alpha value is -2.34. The van der Waals surface area contributed by atoms with Gasteiger partial charge in [0.25, 0.3) is 5.56 Å². The third-order valence-electron chi connectivity index (χ3n) is 6.90. The highest BCUT2D eigenvalue weighted by Gasteiger charge is 2.21. The minimum atomic E-state index is -0.106. The monoisotopic (exact) mass is 440 g/mol. The molecule has 2 amide bonds. The van der Waals surface area contributed by atoms with Crippen LogP contribution in [0.15, 0.2) is 23.0 Å². The van der Waals surface area contributed by atoms with Gasteiger partial charge in [0.2, 0.25) is 0 Å². The van der Waals surface area contributed by atoms with Gasteiger partial charge < -0.3 is 20.1 Å². The molecule has 1 aliphatic carbocycles. The average molecular weight is 441 g/mol. The fourth-order valence-corrected chi connectivity index (χ4v) is 4.73. The standard InChI is InChI=1S/C26H40N4O2/c1-5-29(6-2)15-10-16-30(26(32)27-22-11-8-7-9-12-22)18-21-17-23-19(3)13-14-20(4)24(23)28-25(21)31/h13-14,17,22H,5-12,15-16,18H2,1-4H3,(H,27,32)(H,28,31). The van der Waals surface area contributed by atoms with Crippen molar-refractivity contribution in [2.24, 2.45) is 0 Å². The van der Waals surface area contributed by atoms with Crippen molar-refractivity contribution >= 4 is 16.9 Å². The molecule has 1 saturated carbocycles. The molecule has 0 aliphatic heterocycles. The number of benzene rings is 1. The Balaban J connectivity index is 1.80. The molecule has 6 nitrogen and oxygen atoms in total. The second-order valence-electron chi connectivity index (χ2n) is 9.20. The highest BCUT2D eigenvalue weighted by Crippen LogP contribution is 2.21. The van der Waals surface area contributed by atoms with Crippen LogP contribution in [0.5, 0.6) is 0 Å². The van der Waals surface area contributed by atoms with Gasteiger partial charge in [-0.1, -0.05) is 45.2 Å². The summed E-state index contributed by atoms with van der Waals surface area (Å²) < 4.78 is 0. The molecule has 0 saturated heterocycles. The SMILES string of the molecule is CCN(CC)CCCN(Cc1cc2c(C)ccc(C)c2[nH]c1=O)C(=O)NC1CCCCC1. The normalized spacial score (nSPS) is 14.8. The highest BCUT2D eigenvalue weighted by atomic mass is 16.2. The molecule has 176 valence electrons. The van der Waals surface area contributed by atoms with Gasteiger partial charge in [-0.05, 0) is 69.9 Å². The van der Waals surface area contributed by atoms with Gasteiger partial charge >= 0.3 is 6.03 Å². The molecule has 1 aromatic carbocycles. The van der Waals surface area contributed by atoms with Crippen LogP contribution in [0.3, 0.4) is 0 Å². The summed E-state index contributed by atoms with van der Waals surface area (Å²) >= 11 is 0. The van der Waals surface area contributed by atoms with Gasteiger partial charge in [-0.3, -0.25) is 4.79 Å². The van der Waals surface area contributed by atoms with E-state index >= 15 is 0 Å². The van der Waals surface area contributed by atoms with Crippen LogP contribution in [-0.4, -0.2) is 53.0 Å². The van der Waals surface area contributed by atoms with E-state index in [-0.39, 0.29) is 17.6 Å². The maximum Gasteiger partial charge on any atom is 0.317 e. The quantitative estimate of drug-likeness (QED) is 0.593. The molecule has 1 fully saturated rings. The number of hydrogen-bond donors (Lipinski definition) is 2. The Morgan fingerprint density at radius 2 is 1.75 bits per heavy atom. The number of amides is 2. The molecule has 2 N–H and O–H groups in total. The van der Waals surface area contributed by atoms with Crippen LogP contribution in [0.4, 0.5) is 4.79 Å². The summed E-state index contributed by atoms with van der Waals surface area (Å²) in [4.78, 5) is 33.4. The summed E-state index contributed by atoms with van der Waals surface area (Å²) in [5.74, 6) is 0. The first-order valence-corrected chi connectivity index (χ1v) is 12.3. The molecule has 0 radical (unpaired) electrons. The zero-order valence-corrected chi connectivity index (χ0v) is 20.3. The Morgan fingerprint density at radius 3 is 2.44 bits per heavy atom. The lowest BCUT2D eigenvalue weighted by molar-refractivity contribution is 0.182. The summed E-state index contributed by atoms with van der Waals surface area (Å²) in [5.41, 5.74) is 3.61. The van der Waals surface area contributed by atoms with Gasteiger partial charge in [0, 0.05) is 23.5 Å². The Bertz CT molecular complexity index is 958. The Labute approximate surface area is 192 Å². The van der Waals surface area contributed by atoms with E-state index in [0.29, 0.717) is 18.7 Å². The van der Waals surface area contributed by atoms with Crippen molar-refractivity contribution in [2.45, 2.75) is 78.8 Å². The van der Waals surface area contributed by atoms with Crippen LogP contribution < -0.4 is 10.9 Å². The molecule has 0 bridgehead atoms. The van der Waals surface area contributed by atoms with Crippen molar-refractivity contribution in [3.63, 3.8) is 0 Å². The van der Waals surface area contributed by atoms with E-state index in [1.807, 2.05) is 24.0 Å². The summed E-state index contributed by atoms with van der Waals surface area (Å²) in [5, 5.41) is 4.29. The summed E-state index contributed by atoms with van der Waals surface area (Å²) in [6.45, 7) is 12.3. The number of aryl methyl sites for hydroxylation is 2. The van der Waals surface area contributed by atoms with E-state index in [1.54, 1.807) is 0 Å². The molecule has 2 aromatic rings. The second-order valence-corrected chi connectivity index (χ2v) is 9.20. The Kier molecular flexibility index (Phi) is 8.74. The van der Waals surface area contributed by atoms with Crippen LogP contribution >= 0.6 is 0 Å². The van der Waals surface area contributed by atoms with Gasteiger partial charge in [0.05, 0.1) is 12.1 Å². The number of urea groups is 1. The molecule has 6 heteroatoms. The van der Waals surface area contributed by atoms with Crippen LogP contribution in [0.1, 0.15) is 69.1 Å². The second kappa shape index (κ2) is 11.5. The number of nitrogens with zero attached hydrogens (tertiary/aromatic N) is 2. The predicted octanol–water partition coefficient (Wildman–Crippen LogP) is 4.72. The fraction of sp³-hybridized carbons (Fsp3) is 0.615. The largest absolute Gasteiger partial charge is 0.335 e. The van der Waals surface area contributed by atoms with Gasteiger partial charge in [0.1, 0.15) is 0 Å². The summed E-state index contributed by atoms with van der Waals surface area (Å²) in [7, 11) is 0. The van der Waals surface area contributed by atoms with Crippen molar-refractivity contribution in [3.05, 3.63) is 45.2 Å². The number of rotatable bonds is 9. The number of carbonyl (C=O) groups is 1. The zero-order chi connectivity index (χ0) is 23.1. The van der Waals surface area contributed by atoms with Crippen molar-refractivity contribution in [1.29, 1.82) is 0 Å². The topological polar surface area (TPSA) is 68.4 Å². The molecule has 0 atom stereocenters. The number of aromatic nitrogens is 1. The number of fused-ring (bicyclic) bond motifs is 1. The number of pyridine rings is 1. The predicted molar refractivity (Wildman–Crippen MR) is 132 cm³/mol. The Morgan fingerprint density at radius 1 is 1.06 bits per heavy atom. The van der Waals surface area contributed by atoms with E-state index in [2.05, 4.69) is 42.0 Å². The zero-order valence-electron chi connectivity index (χ0n) is 20.3. The van der Waals surface area contributed by atoms with E-state index in [9.17, 15) is 9.59 Å². The smallest absolute Gasteiger partial charge is 0.317 e. The minimum Gasteiger partial charge on any atom is -0.335 e. The molecule has 1 heterocycles. The third-order valence-corrected chi connectivity index (χ3v) is 6.90. The molecule has 32 heavy (non-hydrogen) atoms. The summed E-state index contributed by atoms with van der Waals surface area (Å²) in [6.07, 6.45) is 6.60. The van der Waals surface area contributed by atoms with Crippen LogP contribution in [-0.2, 0) is 6.54 Å². The summed E-state index contributed by atoms with van der Waals surface area (Å²) in [6, 6.07) is 6.29. The number of H-pyrrole nitrogens is 1. The molecular weight excluding hydrogens is 400 g/mol. The lowest BCUT2D eigenvalue weighted by Gasteiger charge is -2.29. The first kappa shape index (κ1) is 24.3. The number of nitrogens with one attached hydrogen (secondary N) is 2. The van der Waals surface area contributed by atoms with Crippen molar-refractivity contribution in [2.75, 3.05) is 26.2 Å². The van der Waals surface area contributed by atoms with E-state index in [4.69, 9.17) is 0 Å². The van der Waals surface area contributed by atoms with Crippen LogP contribution in [0, 0.1) is 13.8 Å². The van der Waals surface area contributed by atoms with E-state index in [1.165, 1.54) is 19.3 Å². The number of hydrogen-bond acceptors (Lipinski definition) is 3. The van der Waals surface area contributed by atoms with Gasteiger partial charge in [-0.15, -0.1) is 0 Å². The third kappa shape index (κ3) is 6.12.